The summed E-state index contributed by atoms with van der Waals surface area (Å²) in [6, 6.07) is 20.9. The zero-order valence-corrected chi connectivity index (χ0v) is 14.6. The van der Waals surface area contributed by atoms with Crippen molar-refractivity contribution in [3.8, 4) is 5.88 Å². The molecule has 0 radical (unpaired) electrons. The normalized spacial score (nSPS) is 12.2. The fourth-order valence-electron chi connectivity index (χ4n) is 2.57. The van der Waals surface area contributed by atoms with Crippen molar-refractivity contribution < 1.29 is 9.53 Å². The van der Waals surface area contributed by atoms with Gasteiger partial charge in [0.05, 0.1) is 11.2 Å². The van der Waals surface area contributed by atoms with Crippen molar-refractivity contribution in [1.29, 1.82) is 0 Å². The van der Waals surface area contributed by atoms with E-state index in [1.54, 1.807) is 6.07 Å². The van der Waals surface area contributed by atoms with E-state index in [-0.39, 0.29) is 11.3 Å². The lowest BCUT2D eigenvalue weighted by Crippen LogP contribution is -2.23. The van der Waals surface area contributed by atoms with Crippen LogP contribution in [0.3, 0.4) is 0 Å². The first-order valence-corrected chi connectivity index (χ1v) is 8.16. The predicted molar refractivity (Wildman–Crippen MR) is 100 cm³/mol. The lowest BCUT2D eigenvalue weighted by atomic mass is 9.85. The van der Waals surface area contributed by atoms with E-state index in [1.807, 2.05) is 81.4 Å². The Hall–Kier alpha value is -3.01. The Labute approximate surface area is 147 Å². The largest absolute Gasteiger partial charge is 0.440 e. The maximum absolute atomic E-state index is 12.3. The van der Waals surface area contributed by atoms with Crippen LogP contribution >= 0.6 is 0 Å². The third kappa shape index (κ3) is 4.10. The van der Waals surface area contributed by atoms with Crippen LogP contribution in [-0.2, 0) is 0 Å². The third-order valence-corrected chi connectivity index (χ3v) is 3.73. The van der Waals surface area contributed by atoms with Gasteiger partial charge in [-0.1, -0.05) is 69.3 Å². The summed E-state index contributed by atoms with van der Waals surface area (Å²) < 4.78 is 5.33. The van der Waals surface area contributed by atoms with Gasteiger partial charge in [0.2, 0.25) is 5.88 Å². The molecule has 126 valence electrons. The number of hydrogen-bond acceptors (Lipinski definition) is 3. The Balaban J connectivity index is 1.88. The number of hydrogen-bond donors (Lipinski definition) is 0. The van der Waals surface area contributed by atoms with E-state index in [0.29, 0.717) is 5.71 Å². The number of rotatable bonds is 2. The van der Waals surface area contributed by atoms with Crippen LogP contribution in [0.1, 0.15) is 26.3 Å². The lowest BCUT2D eigenvalue weighted by molar-refractivity contribution is 0.209. The second-order valence-corrected chi connectivity index (χ2v) is 6.79. The molecule has 4 heteroatoms. The molecule has 0 aliphatic heterocycles. The first kappa shape index (κ1) is 16.8. The van der Waals surface area contributed by atoms with Crippen molar-refractivity contribution in [3.05, 3.63) is 72.3 Å². The van der Waals surface area contributed by atoms with Crippen molar-refractivity contribution in [2.24, 2.45) is 10.4 Å². The molecular weight excluding hydrogens is 312 g/mol. The molecule has 0 saturated heterocycles. The monoisotopic (exact) mass is 332 g/mol. The molecule has 0 spiro atoms. The van der Waals surface area contributed by atoms with Crippen LogP contribution in [0, 0.1) is 5.41 Å². The molecule has 0 aliphatic rings. The molecule has 0 atom stereocenters. The Kier molecular flexibility index (Phi) is 4.61. The van der Waals surface area contributed by atoms with E-state index < -0.39 is 6.09 Å². The predicted octanol–water partition coefficient (Wildman–Crippen LogP) is 5.27. The summed E-state index contributed by atoms with van der Waals surface area (Å²) in [5.41, 5.74) is 2.06. The smallest absolute Gasteiger partial charge is 0.390 e. The number of aliphatic imine (C=N–C) groups is 1. The topological polar surface area (TPSA) is 51.5 Å². The summed E-state index contributed by atoms with van der Waals surface area (Å²) in [5.74, 6) is 0.244. The van der Waals surface area contributed by atoms with E-state index in [0.717, 1.165) is 16.5 Å². The minimum Gasteiger partial charge on any atom is -0.390 e. The number of fused-ring (bicyclic) bond motifs is 1. The molecule has 2 aromatic carbocycles. The summed E-state index contributed by atoms with van der Waals surface area (Å²) >= 11 is 0. The third-order valence-electron chi connectivity index (χ3n) is 3.73. The molecule has 0 aliphatic carbocycles. The Morgan fingerprint density at radius 2 is 1.60 bits per heavy atom. The summed E-state index contributed by atoms with van der Waals surface area (Å²) in [5, 5.41) is 0.991. The van der Waals surface area contributed by atoms with Crippen molar-refractivity contribution >= 4 is 22.7 Å². The van der Waals surface area contributed by atoms with Gasteiger partial charge in [0.15, 0.2) is 0 Å². The van der Waals surface area contributed by atoms with Gasteiger partial charge in [0.1, 0.15) is 0 Å². The maximum atomic E-state index is 12.3. The van der Waals surface area contributed by atoms with Crippen LogP contribution in [0.15, 0.2) is 71.7 Å². The number of carbonyl (C=O) groups is 1. The van der Waals surface area contributed by atoms with E-state index in [9.17, 15) is 4.79 Å². The molecular formula is C21H20N2O2. The average molecular weight is 332 g/mol. The number of carbonyl (C=O) groups excluding carboxylic acids is 1. The standard InChI is InChI=1S/C21H20N2O2/c1-21(2,3)19(16-10-5-4-6-11-16)23-20(24)25-18-14-13-15-9-7-8-12-17(15)22-18/h4-14H,1-3H3/b23-19-. The molecule has 3 rings (SSSR count). The molecule has 0 N–H and O–H groups in total. The summed E-state index contributed by atoms with van der Waals surface area (Å²) in [7, 11) is 0. The molecule has 3 aromatic rings. The SMILES string of the molecule is CC(C)(C)/C(=N\C(=O)Oc1ccc2ccccc2n1)c1ccccc1. The number of amides is 1. The Bertz CT molecular complexity index is 925. The minimum atomic E-state index is -0.670. The molecule has 1 aromatic heterocycles. The first-order chi connectivity index (χ1) is 11.9. The highest BCUT2D eigenvalue weighted by molar-refractivity contribution is 6.08. The van der Waals surface area contributed by atoms with Crippen LogP contribution in [0.4, 0.5) is 4.79 Å². The zero-order valence-electron chi connectivity index (χ0n) is 14.6. The van der Waals surface area contributed by atoms with Crippen LogP contribution in [0.5, 0.6) is 5.88 Å². The van der Waals surface area contributed by atoms with Crippen LogP contribution in [-0.4, -0.2) is 16.8 Å². The highest BCUT2D eigenvalue weighted by atomic mass is 16.6. The number of pyridine rings is 1. The second-order valence-electron chi connectivity index (χ2n) is 6.79. The fraction of sp³-hybridized carbons (Fsp3) is 0.190. The van der Waals surface area contributed by atoms with E-state index >= 15 is 0 Å². The van der Waals surface area contributed by atoms with Gasteiger partial charge in [-0.15, -0.1) is 0 Å². The van der Waals surface area contributed by atoms with E-state index in [2.05, 4.69) is 9.98 Å². The van der Waals surface area contributed by atoms with Gasteiger partial charge in [0.25, 0.3) is 0 Å². The van der Waals surface area contributed by atoms with Crippen LogP contribution in [0.2, 0.25) is 0 Å². The molecule has 25 heavy (non-hydrogen) atoms. The Morgan fingerprint density at radius 3 is 2.32 bits per heavy atom. The second kappa shape index (κ2) is 6.85. The fourth-order valence-corrected chi connectivity index (χ4v) is 2.57. The van der Waals surface area contributed by atoms with Crippen LogP contribution in [0.25, 0.3) is 10.9 Å². The van der Waals surface area contributed by atoms with Crippen molar-refractivity contribution in [3.63, 3.8) is 0 Å². The average Bonchev–Trinajstić information content (AvgIpc) is 2.59. The quantitative estimate of drug-likeness (QED) is 0.601. The number of para-hydroxylation sites is 1. The number of aromatic nitrogens is 1. The lowest BCUT2D eigenvalue weighted by Gasteiger charge is -2.21. The molecule has 4 nitrogen and oxygen atoms in total. The Morgan fingerprint density at radius 1 is 0.920 bits per heavy atom. The molecule has 0 fully saturated rings. The van der Waals surface area contributed by atoms with Gasteiger partial charge in [-0.05, 0) is 17.7 Å². The molecule has 1 amide bonds. The van der Waals surface area contributed by atoms with Gasteiger partial charge in [-0.2, -0.15) is 4.99 Å². The minimum absolute atomic E-state index is 0.244. The van der Waals surface area contributed by atoms with Crippen molar-refractivity contribution in [2.75, 3.05) is 0 Å². The summed E-state index contributed by atoms with van der Waals surface area (Å²) in [6.07, 6.45) is -0.670. The van der Waals surface area contributed by atoms with Crippen LogP contribution < -0.4 is 4.74 Å². The zero-order chi connectivity index (χ0) is 17.9. The van der Waals surface area contributed by atoms with Gasteiger partial charge >= 0.3 is 6.09 Å². The van der Waals surface area contributed by atoms with Crippen molar-refractivity contribution in [1.82, 2.24) is 4.98 Å². The molecule has 0 unspecified atom stereocenters. The molecule has 1 heterocycles. The molecule has 0 saturated carbocycles. The van der Waals surface area contributed by atoms with E-state index in [4.69, 9.17) is 4.74 Å². The van der Waals surface area contributed by atoms with Crippen molar-refractivity contribution in [2.45, 2.75) is 20.8 Å². The van der Waals surface area contributed by atoms with Gasteiger partial charge in [-0.25, -0.2) is 9.78 Å². The van der Waals surface area contributed by atoms with Gasteiger partial charge in [0, 0.05) is 16.9 Å². The highest BCUT2D eigenvalue weighted by Crippen LogP contribution is 2.23. The van der Waals surface area contributed by atoms with E-state index in [1.165, 1.54) is 0 Å². The van der Waals surface area contributed by atoms with Gasteiger partial charge in [-0.3, -0.25) is 0 Å². The summed E-state index contributed by atoms with van der Waals surface area (Å²) in [6.45, 7) is 6.04. The number of benzene rings is 2. The highest BCUT2D eigenvalue weighted by Gasteiger charge is 2.22. The number of ether oxygens (including phenoxy) is 1. The molecule has 0 bridgehead atoms. The first-order valence-electron chi connectivity index (χ1n) is 8.16. The number of nitrogens with zero attached hydrogens (tertiary/aromatic N) is 2. The summed E-state index contributed by atoms with van der Waals surface area (Å²) in [4.78, 5) is 20.9. The van der Waals surface area contributed by atoms with Gasteiger partial charge < -0.3 is 4.74 Å². The maximum Gasteiger partial charge on any atom is 0.440 e.